The Labute approximate surface area is 144 Å². The molecule has 1 saturated heterocycles. The average Bonchev–Trinajstić information content (AvgIpc) is 2.93. The van der Waals surface area contributed by atoms with Crippen LogP contribution in [-0.4, -0.2) is 18.4 Å². The molecule has 0 saturated carbocycles. The van der Waals surface area contributed by atoms with Gasteiger partial charge in [0.2, 0.25) is 11.8 Å². The van der Waals surface area contributed by atoms with Crippen LogP contribution < -0.4 is 10.2 Å². The van der Waals surface area contributed by atoms with E-state index in [0.717, 1.165) is 5.56 Å². The first-order valence-corrected chi connectivity index (χ1v) is 7.95. The van der Waals surface area contributed by atoms with Gasteiger partial charge in [-0.1, -0.05) is 29.8 Å². The first-order valence-electron chi connectivity index (χ1n) is 7.57. The van der Waals surface area contributed by atoms with Crippen molar-refractivity contribution in [3.8, 4) is 0 Å². The highest BCUT2D eigenvalue weighted by atomic mass is 35.5. The Kier molecular flexibility index (Phi) is 4.53. The number of hydrogen-bond donors (Lipinski definition) is 1. The Bertz CT molecular complexity index is 809. The van der Waals surface area contributed by atoms with E-state index in [-0.39, 0.29) is 24.8 Å². The summed E-state index contributed by atoms with van der Waals surface area (Å²) in [6.07, 6.45) is 0.103. The van der Waals surface area contributed by atoms with Gasteiger partial charge in [0.05, 0.1) is 16.6 Å². The largest absolute Gasteiger partial charge is 0.325 e. The maximum absolute atomic E-state index is 13.3. The lowest BCUT2D eigenvalue weighted by Gasteiger charge is -2.18. The minimum atomic E-state index is -0.503. The van der Waals surface area contributed by atoms with E-state index >= 15 is 0 Å². The molecule has 1 fully saturated rings. The molecular formula is C18H16ClFN2O2. The predicted octanol–water partition coefficient (Wildman–Crippen LogP) is 3.78. The number of amides is 2. The Hall–Kier alpha value is -2.40. The van der Waals surface area contributed by atoms with Gasteiger partial charge in [-0.25, -0.2) is 4.39 Å². The van der Waals surface area contributed by atoms with E-state index in [9.17, 15) is 14.0 Å². The van der Waals surface area contributed by atoms with Gasteiger partial charge in [-0.15, -0.1) is 0 Å². The summed E-state index contributed by atoms with van der Waals surface area (Å²) in [5.41, 5.74) is 1.78. The van der Waals surface area contributed by atoms with E-state index < -0.39 is 11.7 Å². The van der Waals surface area contributed by atoms with E-state index in [1.807, 2.05) is 0 Å². The molecule has 0 spiro atoms. The van der Waals surface area contributed by atoms with Crippen LogP contribution in [-0.2, 0) is 9.59 Å². The summed E-state index contributed by atoms with van der Waals surface area (Å²) in [7, 11) is 0. The highest BCUT2D eigenvalue weighted by Crippen LogP contribution is 2.31. The molecule has 2 aromatic carbocycles. The van der Waals surface area contributed by atoms with E-state index in [0.29, 0.717) is 16.4 Å². The number of nitrogens with one attached hydrogen (secondary N) is 1. The number of hydrogen-bond acceptors (Lipinski definition) is 2. The number of carbonyl (C=O) groups excluding carboxylic acids is 2. The van der Waals surface area contributed by atoms with E-state index in [1.165, 1.54) is 17.0 Å². The molecule has 0 bridgehead atoms. The van der Waals surface area contributed by atoms with Gasteiger partial charge in [0.1, 0.15) is 5.82 Å². The Morgan fingerprint density at radius 1 is 1.29 bits per heavy atom. The third kappa shape index (κ3) is 3.26. The summed E-state index contributed by atoms with van der Waals surface area (Å²) >= 11 is 6.13. The van der Waals surface area contributed by atoms with Gasteiger partial charge in [0.15, 0.2) is 0 Å². The first-order chi connectivity index (χ1) is 11.5. The van der Waals surface area contributed by atoms with Crippen molar-refractivity contribution in [1.82, 2.24) is 0 Å². The number of aryl methyl sites for hydroxylation is 1. The Morgan fingerprint density at radius 3 is 2.79 bits per heavy atom. The first kappa shape index (κ1) is 16.5. The van der Waals surface area contributed by atoms with Crippen molar-refractivity contribution in [3.63, 3.8) is 0 Å². The van der Waals surface area contributed by atoms with Crippen molar-refractivity contribution in [2.45, 2.75) is 13.3 Å². The molecule has 1 atom stereocenters. The molecule has 1 aliphatic rings. The lowest BCUT2D eigenvalue weighted by atomic mass is 10.1. The van der Waals surface area contributed by atoms with Crippen LogP contribution in [0.3, 0.4) is 0 Å². The molecule has 4 nitrogen and oxygen atoms in total. The fourth-order valence-electron chi connectivity index (χ4n) is 2.75. The molecule has 0 radical (unpaired) electrons. The number of halogens is 2. The van der Waals surface area contributed by atoms with Crippen molar-refractivity contribution in [2.24, 2.45) is 5.92 Å². The SMILES string of the molecule is Cc1ccc(F)cc1NC(=O)C1CC(=O)N(c2ccccc2Cl)C1. The molecule has 1 aliphatic heterocycles. The minimum absolute atomic E-state index is 0.103. The quantitative estimate of drug-likeness (QED) is 0.919. The lowest BCUT2D eigenvalue weighted by molar-refractivity contribution is -0.122. The highest BCUT2D eigenvalue weighted by molar-refractivity contribution is 6.33. The number of nitrogens with zero attached hydrogens (tertiary/aromatic N) is 1. The fourth-order valence-corrected chi connectivity index (χ4v) is 2.99. The van der Waals surface area contributed by atoms with Gasteiger partial charge in [-0.05, 0) is 36.8 Å². The maximum Gasteiger partial charge on any atom is 0.229 e. The summed E-state index contributed by atoms with van der Waals surface area (Å²) in [6, 6.07) is 11.2. The van der Waals surface area contributed by atoms with Crippen LogP contribution in [0.2, 0.25) is 5.02 Å². The maximum atomic E-state index is 13.3. The monoisotopic (exact) mass is 346 g/mol. The minimum Gasteiger partial charge on any atom is -0.325 e. The molecule has 1 heterocycles. The summed E-state index contributed by atoms with van der Waals surface area (Å²) in [5.74, 6) is -1.38. The number of benzene rings is 2. The summed E-state index contributed by atoms with van der Waals surface area (Å²) < 4.78 is 13.3. The lowest BCUT2D eigenvalue weighted by Crippen LogP contribution is -2.28. The molecule has 6 heteroatoms. The van der Waals surface area contributed by atoms with Crippen molar-refractivity contribution in [1.29, 1.82) is 0 Å². The summed E-state index contributed by atoms with van der Waals surface area (Å²) in [6.45, 7) is 2.04. The smallest absolute Gasteiger partial charge is 0.229 e. The zero-order valence-corrected chi connectivity index (χ0v) is 13.8. The predicted molar refractivity (Wildman–Crippen MR) is 91.7 cm³/mol. The van der Waals surface area contributed by atoms with Crippen LogP contribution >= 0.6 is 11.6 Å². The standard InChI is InChI=1S/C18H16ClFN2O2/c1-11-6-7-13(20)9-15(11)21-18(24)12-8-17(23)22(10-12)16-5-3-2-4-14(16)19/h2-7,9,12H,8,10H2,1H3,(H,21,24). The Balaban J connectivity index is 1.75. The van der Waals surface area contributed by atoms with Gasteiger partial charge in [-0.3, -0.25) is 9.59 Å². The van der Waals surface area contributed by atoms with Crippen LogP contribution in [0.5, 0.6) is 0 Å². The van der Waals surface area contributed by atoms with Crippen LogP contribution in [0.25, 0.3) is 0 Å². The van der Waals surface area contributed by atoms with Crippen LogP contribution in [0.15, 0.2) is 42.5 Å². The van der Waals surface area contributed by atoms with Gasteiger partial charge < -0.3 is 10.2 Å². The molecule has 1 N–H and O–H groups in total. The van der Waals surface area contributed by atoms with Crippen LogP contribution in [0.1, 0.15) is 12.0 Å². The molecule has 24 heavy (non-hydrogen) atoms. The van der Waals surface area contributed by atoms with E-state index in [2.05, 4.69) is 5.32 Å². The molecule has 124 valence electrons. The highest BCUT2D eigenvalue weighted by Gasteiger charge is 2.36. The van der Waals surface area contributed by atoms with Gasteiger partial charge in [0.25, 0.3) is 0 Å². The van der Waals surface area contributed by atoms with Crippen LogP contribution in [0, 0.1) is 18.7 Å². The average molecular weight is 347 g/mol. The van der Waals surface area contributed by atoms with Crippen LogP contribution in [0.4, 0.5) is 15.8 Å². The second kappa shape index (κ2) is 6.61. The summed E-state index contributed by atoms with van der Waals surface area (Å²) in [5, 5.41) is 3.17. The Morgan fingerprint density at radius 2 is 2.04 bits per heavy atom. The summed E-state index contributed by atoms with van der Waals surface area (Å²) in [4.78, 5) is 26.2. The molecule has 2 amide bonds. The zero-order valence-electron chi connectivity index (χ0n) is 13.1. The molecule has 3 rings (SSSR count). The number of rotatable bonds is 3. The number of anilines is 2. The fraction of sp³-hybridized carbons (Fsp3) is 0.222. The van der Waals surface area contributed by atoms with E-state index in [4.69, 9.17) is 11.6 Å². The molecular weight excluding hydrogens is 331 g/mol. The van der Waals surface area contributed by atoms with Crippen molar-refractivity contribution in [2.75, 3.05) is 16.8 Å². The molecule has 0 aliphatic carbocycles. The van der Waals surface area contributed by atoms with Crippen molar-refractivity contribution < 1.29 is 14.0 Å². The van der Waals surface area contributed by atoms with Gasteiger partial charge in [0, 0.05) is 18.7 Å². The number of carbonyl (C=O) groups is 2. The van der Waals surface area contributed by atoms with Crippen molar-refractivity contribution in [3.05, 3.63) is 58.9 Å². The van der Waals surface area contributed by atoms with Gasteiger partial charge >= 0.3 is 0 Å². The second-order valence-corrected chi connectivity index (χ2v) is 6.21. The second-order valence-electron chi connectivity index (χ2n) is 5.81. The van der Waals surface area contributed by atoms with Gasteiger partial charge in [-0.2, -0.15) is 0 Å². The molecule has 0 aromatic heterocycles. The number of para-hydroxylation sites is 1. The third-order valence-corrected chi connectivity index (χ3v) is 4.42. The zero-order chi connectivity index (χ0) is 17.3. The van der Waals surface area contributed by atoms with Crippen molar-refractivity contribution >= 4 is 34.8 Å². The van der Waals surface area contributed by atoms with E-state index in [1.54, 1.807) is 37.3 Å². The molecule has 1 unspecified atom stereocenters. The topological polar surface area (TPSA) is 49.4 Å². The molecule has 2 aromatic rings. The normalized spacial score (nSPS) is 17.2. The third-order valence-electron chi connectivity index (χ3n) is 4.10.